The third-order valence-corrected chi connectivity index (χ3v) is 2.10. The van der Waals surface area contributed by atoms with Gasteiger partial charge in [0.15, 0.2) is 0 Å². The average Bonchev–Trinajstić information content (AvgIpc) is 2.15. The molecule has 4 heteroatoms. The quantitative estimate of drug-likeness (QED) is 0.607. The van der Waals surface area contributed by atoms with Crippen molar-refractivity contribution in [3.05, 3.63) is 41.5 Å². The van der Waals surface area contributed by atoms with Crippen molar-refractivity contribution in [3.8, 4) is 0 Å². The molecule has 0 spiro atoms. The zero-order valence-electron chi connectivity index (χ0n) is 8.10. The third-order valence-electron chi connectivity index (χ3n) is 1.86. The lowest BCUT2D eigenvalue weighted by Gasteiger charge is -2.02. The van der Waals surface area contributed by atoms with Crippen LogP contribution in [0.15, 0.2) is 30.3 Å². The van der Waals surface area contributed by atoms with Gasteiger partial charge < -0.3 is 5.11 Å². The smallest absolute Gasteiger partial charge is 0.329 e. The fourth-order valence-corrected chi connectivity index (χ4v) is 1.32. The van der Waals surface area contributed by atoms with Crippen molar-refractivity contribution in [2.24, 2.45) is 0 Å². The van der Waals surface area contributed by atoms with Gasteiger partial charge in [-0.2, -0.15) is 0 Å². The Morgan fingerprint density at radius 2 is 1.80 bits per heavy atom. The first-order chi connectivity index (χ1) is 7.00. The molecule has 0 aliphatic heterocycles. The van der Waals surface area contributed by atoms with Crippen molar-refractivity contribution >= 4 is 29.3 Å². The second kappa shape index (κ2) is 4.79. The Kier molecular flexibility index (Phi) is 3.68. The summed E-state index contributed by atoms with van der Waals surface area (Å²) in [5.74, 6) is -1.16. The van der Waals surface area contributed by atoms with E-state index in [2.05, 4.69) is 12.6 Å². The predicted molar refractivity (Wildman–Crippen MR) is 60.8 cm³/mol. The first kappa shape index (κ1) is 11.5. The van der Waals surface area contributed by atoms with Crippen LogP contribution >= 0.6 is 12.6 Å². The zero-order chi connectivity index (χ0) is 11.4. The van der Waals surface area contributed by atoms with E-state index in [9.17, 15) is 9.59 Å². The largest absolute Gasteiger partial charge is 0.478 e. The average molecular weight is 222 g/mol. The summed E-state index contributed by atoms with van der Waals surface area (Å²) in [5, 5.41) is 8.03. The summed E-state index contributed by atoms with van der Waals surface area (Å²) in [6, 6.07) is 7.00. The lowest BCUT2D eigenvalue weighted by molar-refractivity contribution is -0.131. The van der Waals surface area contributed by atoms with E-state index in [4.69, 9.17) is 5.11 Å². The molecule has 0 unspecified atom stereocenters. The van der Waals surface area contributed by atoms with Gasteiger partial charge in [0.05, 0.1) is 0 Å². The van der Waals surface area contributed by atoms with E-state index in [1.54, 1.807) is 12.1 Å². The van der Waals surface area contributed by atoms with Gasteiger partial charge in [-0.15, -0.1) is 12.6 Å². The van der Waals surface area contributed by atoms with Gasteiger partial charge in [-0.1, -0.05) is 29.8 Å². The molecule has 0 radical (unpaired) electrons. The molecule has 0 saturated heterocycles. The molecule has 3 nitrogen and oxygen atoms in total. The summed E-state index contributed by atoms with van der Waals surface area (Å²) in [4.78, 5) is 21.6. The summed E-state index contributed by atoms with van der Waals surface area (Å²) >= 11 is 3.63. The minimum atomic E-state index is -1.16. The fraction of sp³-hybridized carbons (Fsp3) is 0.0909. The van der Waals surface area contributed by atoms with Gasteiger partial charge in [-0.25, -0.2) is 4.79 Å². The topological polar surface area (TPSA) is 54.4 Å². The molecule has 0 aliphatic carbocycles. The van der Waals surface area contributed by atoms with Crippen LogP contribution in [0.25, 0.3) is 5.57 Å². The van der Waals surface area contributed by atoms with Crippen LogP contribution in [0.5, 0.6) is 0 Å². The van der Waals surface area contributed by atoms with E-state index in [-0.39, 0.29) is 5.57 Å². The van der Waals surface area contributed by atoms with Crippen molar-refractivity contribution < 1.29 is 14.7 Å². The Morgan fingerprint density at radius 1 is 1.27 bits per heavy atom. The van der Waals surface area contributed by atoms with Crippen LogP contribution in [0.3, 0.4) is 0 Å². The number of aryl methyl sites for hydroxylation is 1. The highest BCUT2D eigenvalue weighted by molar-refractivity contribution is 7.98. The number of benzene rings is 1. The maximum Gasteiger partial charge on any atom is 0.329 e. The van der Waals surface area contributed by atoms with Gasteiger partial charge >= 0.3 is 5.97 Å². The van der Waals surface area contributed by atoms with Crippen LogP contribution in [0.4, 0.5) is 0 Å². The Morgan fingerprint density at radius 3 is 2.20 bits per heavy atom. The zero-order valence-corrected chi connectivity index (χ0v) is 8.99. The number of hydrogen-bond donors (Lipinski definition) is 2. The van der Waals surface area contributed by atoms with Gasteiger partial charge in [0.2, 0.25) is 5.12 Å². The number of aliphatic carboxylic acids is 1. The highest BCUT2D eigenvalue weighted by atomic mass is 32.1. The molecule has 0 bridgehead atoms. The van der Waals surface area contributed by atoms with Crippen molar-refractivity contribution in [2.75, 3.05) is 0 Å². The highest BCUT2D eigenvalue weighted by Gasteiger charge is 2.09. The summed E-state index contributed by atoms with van der Waals surface area (Å²) in [6.07, 6.45) is 0.861. The van der Waals surface area contributed by atoms with Crippen LogP contribution in [0.1, 0.15) is 11.1 Å². The summed E-state index contributed by atoms with van der Waals surface area (Å²) in [7, 11) is 0. The van der Waals surface area contributed by atoms with Crippen molar-refractivity contribution in [1.82, 2.24) is 0 Å². The number of carboxylic acid groups (broad SMARTS) is 1. The Bertz CT molecular complexity index is 418. The number of thiol groups is 1. The molecule has 1 rings (SSSR count). The Hall–Kier alpha value is -1.55. The predicted octanol–water partition coefficient (Wildman–Crippen LogP) is 1.92. The molecular formula is C11H10O3S. The molecule has 1 aromatic rings. The Labute approximate surface area is 92.8 Å². The number of hydrogen-bond acceptors (Lipinski definition) is 2. The fourth-order valence-electron chi connectivity index (χ4n) is 1.13. The minimum Gasteiger partial charge on any atom is -0.478 e. The first-order valence-electron chi connectivity index (χ1n) is 4.25. The maximum absolute atomic E-state index is 11.1. The third kappa shape index (κ3) is 3.25. The van der Waals surface area contributed by atoms with Crippen molar-refractivity contribution in [1.29, 1.82) is 0 Å². The molecular weight excluding hydrogens is 212 g/mol. The van der Waals surface area contributed by atoms with Gasteiger partial charge in [-0.05, 0) is 12.5 Å². The van der Waals surface area contributed by atoms with Gasteiger partial charge in [-0.3, -0.25) is 4.79 Å². The summed E-state index contributed by atoms with van der Waals surface area (Å²) in [5.41, 5.74) is 1.69. The van der Waals surface area contributed by atoms with Crippen molar-refractivity contribution in [3.63, 3.8) is 0 Å². The number of carboxylic acids is 1. The van der Waals surface area contributed by atoms with Crippen LogP contribution in [-0.2, 0) is 9.59 Å². The van der Waals surface area contributed by atoms with Crippen LogP contribution in [0.2, 0.25) is 0 Å². The van der Waals surface area contributed by atoms with Crippen molar-refractivity contribution in [2.45, 2.75) is 6.92 Å². The van der Waals surface area contributed by atoms with E-state index in [0.717, 1.165) is 11.6 Å². The van der Waals surface area contributed by atoms with E-state index in [0.29, 0.717) is 5.56 Å². The Balaban J connectivity index is 3.16. The minimum absolute atomic E-state index is 0.0887. The standard InChI is InChI=1S/C11H10O3S/c1-7-2-4-8(5-3-7)9(11(14)15)6-10(12)13/h2-6H,1H3,(H,12,13)(H,14,15)/b9-6+. The molecule has 0 amide bonds. The SMILES string of the molecule is Cc1ccc(/C(=C\C(=O)O)C(=O)S)cc1. The molecule has 0 fully saturated rings. The van der Waals surface area contributed by atoms with E-state index < -0.39 is 11.1 Å². The van der Waals surface area contributed by atoms with E-state index >= 15 is 0 Å². The molecule has 1 aromatic carbocycles. The number of carbonyl (C=O) groups is 2. The van der Waals surface area contributed by atoms with E-state index in [1.807, 2.05) is 19.1 Å². The number of carbonyl (C=O) groups excluding carboxylic acids is 1. The number of rotatable bonds is 3. The molecule has 0 saturated carbocycles. The maximum atomic E-state index is 11.1. The second-order valence-electron chi connectivity index (χ2n) is 3.07. The molecule has 0 heterocycles. The summed E-state index contributed by atoms with van der Waals surface area (Å²) in [6.45, 7) is 1.91. The monoisotopic (exact) mass is 222 g/mol. The van der Waals surface area contributed by atoms with Crippen LogP contribution in [-0.4, -0.2) is 16.2 Å². The van der Waals surface area contributed by atoms with Crippen LogP contribution in [0, 0.1) is 6.92 Å². The lowest BCUT2D eigenvalue weighted by atomic mass is 10.1. The molecule has 0 atom stereocenters. The van der Waals surface area contributed by atoms with E-state index in [1.165, 1.54) is 0 Å². The molecule has 78 valence electrons. The second-order valence-corrected chi connectivity index (χ2v) is 3.47. The summed E-state index contributed by atoms with van der Waals surface area (Å²) < 4.78 is 0. The molecule has 1 N–H and O–H groups in total. The highest BCUT2D eigenvalue weighted by Crippen LogP contribution is 2.17. The molecule has 15 heavy (non-hydrogen) atoms. The van der Waals surface area contributed by atoms with Gasteiger partial charge in [0, 0.05) is 11.6 Å². The van der Waals surface area contributed by atoms with Gasteiger partial charge in [0.25, 0.3) is 0 Å². The van der Waals surface area contributed by atoms with Crippen LogP contribution < -0.4 is 0 Å². The first-order valence-corrected chi connectivity index (χ1v) is 4.70. The molecule has 0 aliphatic rings. The lowest BCUT2D eigenvalue weighted by Crippen LogP contribution is -1.98. The molecule has 0 aromatic heterocycles. The normalized spacial score (nSPS) is 11.2. The van der Waals surface area contributed by atoms with Gasteiger partial charge in [0.1, 0.15) is 0 Å².